The van der Waals surface area contributed by atoms with Gasteiger partial charge in [-0.3, -0.25) is 4.34 Å². The molecule has 0 aromatic carbocycles. The van der Waals surface area contributed by atoms with Crippen LogP contribution in [0.2, 0.25) is 0 Å². The van der Waals surface area contributed by atoms with Crippen molar-refractivity contribution in [1.82, 2.24) is 9.36 Å². The molecule has 0 spiro atoms. The van der Waals surface area contributed by atoms with Gasteiger partial charge in [-0.25, -0.2) is 0 Å². The van der Waals surface area contributed by atoms with Gasteiger partial charge in [0.2, 0.25) is 11.1 Å². The average Bonchev–Trinajstić information content (AvgIpc) is 2.14. The summed E-state index contributed by atoms with van der Waals surface area (Å²) in [6.07, 6.45) is 0. The van der Waals surface area contributed by atoms with Gasteiger partial charge in [-0.2, -0.15) is 9.36 Å². The van der Waals surface area contributed by atoms with Crippen molar-refractivity contribution in [3.8, 4) is 0 Å². The van der Waals surface area contributed by atoms with Crippen LogP contribution >= 0.6 is 27.7 Å². The second-order valence-corrected chi connectivity index (χ2v) is 2.20. The molecule has 0 aliphatic carbocycles. The molecular formula is C2H3BrN4S. The fourth-order valence-electron chi connectivity index (χ4n) is 0.273. The van der Waals surface area contributed by atoms with E-state index < -0.39 is 0 Å². The maximum atomic E-state index is 5.18. The minimum Gasteiger partial charge on any atom is -0.367 e. The molecular weight excluding hydrogens is 192 g/mol. The number of nitrogens with zero attached hydrogens (tertiary/aromatic N) is 2. The predicted octanol–water partition coefficient (Wildman–Crippen LogP) is 0.842. The van der Waals surface area contributed by atoms with Gasteiger partial charge in [0, 0.05) is 27.7 Å². The molecule has 0 aliphatic rings. The number of hydrogen-bond donors (Lipinski definition) is 2. The summed E-state index contributed by atoms with van der Waals surface area (Å²) in [5.74, 6) is 0.303. The van der Waals surface area contributed by atoms with Gasteiger partial charge in [-0.05, 0) is 0 Å². The third-order valence-electron chi connectivity index (χ3n) is 0.523. The molecule has 0 saturated carbocycles. The monoisotopic (exact) mass is 194 g/mol. The van der Waals surface area contributed by atoms with Crippen molar-refractivity contribution < 1.29 is 0 Å². The highest BCUT2D eigenvalue weighted by molar-refractivity contribution is 9.10. The highest BCUT2D eigenvalue weighted by atomic mass is 79.9. The first-order chi connectivity index (χ1) is 3.83. The fourth-order valence-corrected chi connectivity index (χ4v) is 0.969. The first-order valence-electron chi connectivity index (χ1n) is 1.79. The number of nitrogens with one attached hydrogen (secondary N) is 1. The summed E-state index contributed by atoms with van der Waals surface area (Å²) in [4.78, 5) is 3.76. The fraction of sp³-hybridized carbons (Fsp3) is 0. The van der Waals surface area contributed by atoms with Crippen LogP contribution in [0.1, 0.15) is 0 Å². The zero-order valence-corrected chi connectivity index (χ0v) is 6.16. The summed E-state index contributed by atoms with van der Waals surface area (Å²) in [5.41, 5.74) is 5.18. The van der Waals surface area contributed by atoms with E-state index in [1.54, 1.807) is 0 Å². The van der Waals surface area contributed by atoms with Crippen LogP contribution in [0.25, 0.3) is 0 Å². The van der Waals surface area contributed by atoms with Crippen molar-refractivity contribution in [2.75, 3.05) is 10.1 Å². The van der Waals surface area contributed by atoms with Gasteiger partial charge in [-0.1, -0.05) is 0 Å². The molecule has 1 rings (SSSR count). The van der Waals surface area contributed by atoms with Gasteiger partial charge in [-0.15, -0.1) is 0 Å². The first-order valence-corrected chi connectivity index (χ1v) is 3.35. The standard InChI is InChI=1S/C2H3BrN4S/c3-6-2-5-1(4)7-8-2/h(H3,4,5,6,7). The maximum absolute atomic E-state index is 5.18. The lowest BCUT2D eigenvalue weighted by Gasteiger charge is -1.80. The van der Waals surface area contributed by atoms with Crippen molar-refractivity contribution in [3.63, 3.8) is 0 Å². The molecule has 4 nitrogen and oxygen atoms in total. The minimum absolute atomic E-state index is 0.303. The lowest BCUT2D eigenvalue weighted by Crippen LogP contribution is -1.85. The van der Waals surface area contributed by atoms with Crippen molar-refractivity contribution in [2.24, 2.45) is 0 Å². The molecule has 0 aliphatic heterocycles. The van der Waals surface area contributed by atoms with Crippen molar-refractivity contribution in [2.45, 2.75) is 0 Å². The zero-order chi connectivity index (χ0) is 5.98. The van der Waals surface area contributed by atoms with Crippen molar-refractivity contribution in [3.05, 3.63) is 0 Å². The van der Waals surface area contributed by atoms with Gasteiger partial charge >= 0.3 is 0 Å². The Morgan fingerprint density at radius 2 is 2.50 bits per heavy atom. The molecule has 0 radical (unpaired) electrons. The Bertz CT molecular complexity index is 174. The summed E-state index contributed by atoms with van der Waals surface area (Å²) in [6.45, 7) is 0. The van der Waals surface area contributed by atoms with Crippen molar-refractivity contribution in [1.29, 1.82) is 0 Å². The molecule has 0 unspecified atom stereocenters. The topological polar surface area (TPSA) is 63.8 Å². The Morgan fingerprint density at radius 3 is 2.75 bits per heavy atom. The van der Waals surface area contributed by atoms with Crippen LogP contribution in [-0.2, 0) is 0 Å². The summed E-state index contributed by atoms with van der Waals surface area (Å²) in [5, 5.41) is 0.669. The molecule has 8 heavy (non-hydrogen) atoms. The van der Waals surface area contributed by atoms with E-state index in [0.717, 1.165) is 0 Å². The molecule has 0 bridgehead atoms. The molecule has 3 N–H and O–H groups in total. The van der Waals surface area contributed by atoms with Gasteiger partial charge in [0.25, 0.3) is 0 Å². The second kappa shape index (κ2) is 2.27. The van der Waals surface area contributed by atoms with Crippen LogP contribution in [0.15, 0.2) is 0 Å². The van der Waals surface area contributed by atoms with Gasteiger partial charge in [0.15, 0.2) is 0 Å². The summed E-state index contributed by atoms with van der Waals surface area (Å²) >= 11 is 4.18. The largest absolute Gasteiger partial charge is 0.367 e. The van der Waals surface area contributed by atoms with Crippen LogP contribution < -0.4 is 10.1 Å². The maximum Gasteiger partial charge on any atom is 0.233 e. The SMILES string of the molecule is Nc1nsc(NBr)n1. The van der Waals surface area contributed by atoms with Gasteiger partial charge in [0.1, 0.15) is 0 Å². The number of hydrogen-bond acceptors (Lipinski definition) is 5. The van der Waals surface area contributed by atoms with Crippen molar-refractivity contribution >= 4 is 38.8 Å². The van der Waals surface area contributed by atoms with E-state index in [9.17, 15) is 0 Å². The molecule has 0 amide bonds. The predicted molar refractivity (Wildman–Crippen MR) is 36.9 cm³/mol. The normalized spacial score (nSPS) is 9.12. The Hall–Kier alpha value is -0.360. The lowest BCUT2D eigenvalue weighted by atomic mass is 11.1. The van der Waals surface area contributed by atoms with Crippen LogP contribution in [0.4, 0.5) is 11.1 Å². The number of anilines is 2. The van der Waals surface area contributed by atoms with Gasteiger partial charge < -0.3 is 5.73 Å². The molecule has 44 valence electrons. The third kappa shape index (κ3) is 1.07. The summed E-state index contributed by atoms with van der Waals surface area (Å²) in [6, 6.07) is 0. The van der Waals surface area contributed by atoms with E-state index in [2.05, 4.69) is 29.8 Å². The molecule has 0 saturated heterocycles. The molecule has 6 heteroatoms. The van der Waals surface area contributed by atoms with Gasteiger partial charge in [0.05, 0.1) is 0 Å². The molecule has 1 heterocycles. The van der Waals surface area contributed by atoms with E-state index in [1.165, 1.54) is 11.5 Å². The van der Waals surface area contributed by atoms with Crippen LogP contribution in [0.3, 0.4) is 0 Å². The van der Waals surface area contributed by atoms with Crippen LogP contribution in [0.5, 0.6) is 0 Å². The number of halogens is 1. The number of aromatic nitrogens is 2. The van der Waals surface area contributed by atoms with Crippen LogP contribution in [0, 0.1) is 0 Å². The van der Waals surface area contributed by atoms with Crippen LogP contribution in [-0.4, -0.2) is 9.36 Å². The highest BCUT2D eigenvalue weighted by Crippen LogP contribution is 2.12. The first kappa shape index (κ1) is 5.77. The van der Waals surface area contributed by atoms with E-state index in [0.29, 0.717) is 11.1 Å². The lowest BCUT2D eigenvalue weighted by molar-refractivity contribution is 1.35. The minimum atomic E-state index is 0.303. The van der Waals surface area contributed by atoms with E-state index in [4.69, 9.17) is 5.73 Å². The van der Waals surface area contributed by atoms with E-state index in [-0.39, 0.29) is 0 Å². The molecule has 0 fully saturated rings. The Kier molecular flexibility index (Phi) is 1.64. The zero-order valence-electron chi connectivity index (χ0n) is 3.76. The molecule has 1 aromatic heterocycles. The molecule has 1 aromatic rings. The Balaban J connectivity index is 2.84. The van der Waals surface area contributed by atoms with E-state index >= 15 is 0 Å². The highest BCUT2D eigenvalue weighted by Gasteiger charge is 1.94. The third-order valence-corrected chi connectivity index (χ3v) is 1.81. The average molecular weight is 195 g/mol. The Labute approximate surface area is 58.6 Å². The second-order valence-electron chi connectivity index (χ2n) is 1.05. The Morgan fingerprint density at radius 1 is 1.75 bits per heavy atom. The number of nitrogens with two attached hydrogens (primary N) is 1. The van der Waals surface area contributed by atoms with E-state index in [1.807, 2.05) is 0 Å². The molecule has 0 atom stereocenters. The number of rotatable bonds is 1. The quantitative estimate of drug-likeness (QED) is 0.651. The summed E-state index contributed by atoms with van der Waals surface area (Å²) in [7, 11) is 0. The smallest absolute Gasteiger partial charge is 0.233 e. The summed E-state index contributed by atoms with van der Waals surface area (Å²) < 4.78 is 6.33. The number of nitrogen functional groups attached to an aromatic ring is 1.